The monoisotopic (exact) mass is 499 g/mol. The summed E-state index contributed by atoms with van der Waals surface area (Å²) in [6.07, 6.45) is 1.12. The van der Waals surface area contributed by atoms with Crippen LogP contribution in [0.2, 0.25) is 0 Å². The summed E-state index contributed by atoms with van der Waals surface area (Å²) in [6.45, 7) is 0.218. The zero-order valence-electron chi connectivity index (χ0n) is 19.6. The molecule has 0 unspecified atom stereocenters. The number of esters is 1. The number of sulfonamides is 1. The van der Waals surface area contributed by atoms with E-state index in [9.17, 15) is 18.0 Å². The van der Waals surface area contributed by atoms with Gasteiger partial charge >= 0.3 is 5.97 Å². The van der Waals surface area contributed by atoms with E-state index < -0.39 is 15.4 Å². The van der Waals surface area contributed by atoms with Crippen LogP contribution in [-0.4, -0.2) is 72.7 Å². The average molecular weight is 500 g/mol. The molecular formula is C23H25N5O6S. The Kier molecular flexibility index (Phi) is 5.52. The Bertz CT molecular complexity index is 1460. The third-order valence-corrected chi connectivity index (χ3v) is 8.30. The lowest BCUT2D eigenvalue weighted by Crippen LogP contribution is -2.39. The quantitative estimate of drug-likeness (QED) is 0.456. The van der Waals surface area contributed by atoms with Gasteiger partial charge in [-0.1, -0.05) is 6.07 Å². The minimum atomic E-state index is -3.42. The molecule has 0 radical (unpaired) electrons. The molecule has 1 aromatic carbocycles. The molecule has 1 N–H and O–H groups in total. The van der Waals surface area contributed by atoms with Crippen molar-refractivity contribution in [3.05, 3.63) is 47.3 Å². The van der Waals surface area contributed by atoms with Gasteiger partial charge in [-0.05, 0) is 37.1 Å². The molecule has 3 heterocycles. The fraction of sp³-hybridized carbons (Fsp3) is 0.391. The van der Waals surface area contributed by atoms with Crippen molar-refractivity contribution in [2.75, 3.05) is 33.5 Å². The average Bonchev–Trinajstić information content (AvgIpc) is 3.39. The summed E-state index contributed by atoms with van der Waals surface area (Å²) < 4.78 is 37.4. The molecule has 3 aromatic rings. The molecule has 0 bridgehead atoms. The lowest BCUT2D eigenvalue weighted by Gasteiger charge is -2.14. The van der Waals surface area contributed by atoms with E-state index in [-0.39, 0.29) is 30.8 Å². The van der Waals surface area contributed by atoms with Gasteiger partial charge in [-0.25, -0.2) is 27.0 Å². The Labute approximate surface area is 202 Å². The lowest BCUT2D eigenvalue weighted by atomic mass is 10.0. The third kappa shape index (κ3) is 3.92. The predicted molar refractivity (Wildman–Crippen MR) is 125 cm³/mol. The first-order chi connectivity index (χ1) is 16.7. The van der Waals surface area contributed by atoms with Gasteiger partial charge < -0.3 is 14.8 Å². The van der Waals surface area contributed by atoms with E-state index in [1.807, 2.05) is 18.2 Å². The van der Waals surface area contributed by atoms with Gasteiger partial charge in [0.05, 0.1) is 24.1 Å². The van der Waals surface area contributed by atoms with Crippen molar-refractivity contribution in [2.24, 2.45) is 0 Å². The van der Waals surface area contributed by atoms with Crippen LogP contribution in [0.4, 0.5) is 0 Å². The van der Waals surface area contributed by atoms with Gasteiger partial charge in [-0.15, -0.1) is 5.10 Å². The Morgan fingerprint density at radius 2 is 2.03 bits per heavy atom. The molecule has 1 aliphatic carbocycles. The Morgan fingerprint density at radius 3 is 2.71 bits per heavy atom. The first-order valence-corrected chi connectivity index (χ1v) is 12.7. The van der Waals surface area contributed by atoms with Gasteiger partial charge in [0.2, 0.25) is 15.9 Å². The van der Waals surface area contributed by atoms with E-state index in [4.69, 9.17) is 9.47 Å². The number of pyridine rings is 1. The van der Waals surface area contributed by atoms with Gasteiger partial charge in [0, 0.05) is 31.8 Å². The first kappa shape index (κ1) is 23.2. The second kappa shape index (κ2) is 8.31. The van der Waals surface area contributed by atoms with Crippen LogP contribution in [0.15, 0.2) is 30.3 Å². The molecule has 12 heteroatoms. The molecule has 11 nitrogen and oxygen atoms in total. The van der Waals surface area contributed by atoms with Crippen LogP contribution in [0.5, 0.6) is 5.75 Å². The summed E-state index contributed by atoms with van der Waals surface area (Å²) in [7, 11) is 1.02. The van der Waals surface area contributed by atoms with E-state index in [1.54, 1.807) is 16.6 Å². The van der Waals surface area contributed by atoms with E-state index in [0.717, 1.165) is 21.1 Å². The normalized spacial score (nSPS) is 16.3. The number of ether oxygens (including phenoxy) is 2. The number of cyclic esters (lactones) is 1. The fourth-order valence-corrected chi connectivity index (χ4v) is 4.86. The molecule has 1 fully saturated rings. The topological polar surface area (TPSA) is 132 Å². The molecule has 5 rings (SSSR count). The largest absolute Gasteiger partial charge is 0.493 e. The fourth-order valence-electron chi connectivity index (χ4n) is 4.14. The van der Waals surface area contributed by atoms with E-state index in [2.05, 4.69) is 15.4 Å². The van der Waals surface area contributed by atoms with Crippen molar-refractivity contribution in [3.63, 3.8) is 0 Å². The van der Waals surface area contributed by atoms with Gasteiger partial charge in [-0.3, -0.25) is 4.79 Å². The summed E-state index contributed by atoms with van der Waals surface area (Å²) in [4.78, 5) is 29.5. The molecule has 0 spiro atoms. The van der Waals surface area contributed by atoms with Crippen molar-refractivity contribution in [3.8, 4) is 17.0 Å². The molecule has 2 aliphatic rings. The molecule has 184 valence electrons. The molecule has 0 saturated heterocycles. The smallest absolute Gasteiger partial charge is 0.338 e. The second-order valence-electron chi connectivity index (χ2n) is 8.84. The van der Waals surface area contributed by atoms with Crippen molar-refractivity contribution in [1.82, 2.24) is 24.2 Å². The van der Waals surface area contributed by atoms with Crippen LogP contribution in [0.25, 0.3) is 16.9 Å². The van der Waals surface area contributed by atoms with Gasteiger partial charge in [-0.2, -0.15) is 0 Å². The number of nitrogens with one attached hydrogen (secondary N) is 1. The second-order valence-corrected chi connectivity index (χ2v) is 11.1. The SMILES string of the molecule is COc1ccc(-c2ccc3c(c2)COC3=O)n2nc(C3(C(=O)NCCS(=O)(=O)N(C)C)CC3)nc12. The third-order valence-electron chi connectivity index (χ3n) is 6.46. The summed E-state index contributed by atoms with van der Waals surface area (Å²) >= 11 is 0. The number of aromatic nitrogens is 3. The number of benzene rings is 1. The van der Waals surface area contributed by atoms with E-state index in [1.165, 1.54) is 21.2 Å². The summed E-state index contributed by atoms with van der Waals surface area (Å²) in [5, 5.41) is 7.42. The highest BCUT2D eigenvalue weighted by Gasteiger charge is 2.55. The van der Waals surface area contributed by atoms with E-state index in [0.29, 0.717) is 35.6 Å². The highest BCUT2D eigenvalue weighted by molar-refractivity contribution is 7.89. The number of amides is 1. The van der Waals surface area contributed by atoms with Crippen LogP contribution in [0.1, 0.15) is 34.6 Å². The van der Waals surface area contributed by atoms with Crippen LogP contribution >= 0.6 is 0 Å². The number of rotatable bonds is 8. The number of hydrogen-bond acceptors (Lipinski definition) is 8. The van der Waals surface area contributed by atoms with Crippen LogP contribution in [0, 0.1) is 0 Å². The molecule has 2 aromatic heterocycles. The zero-order chi connectivity index (χ0) is 25.0. The van der Waals surface area contributed by atoms with Crippen LogP contribution in [-0.2, 0) is 31.6 Å². The maximum Gasteiger partial charge on any atom is 0.338 e. The Balaban J connectivity index is 1.47. The summed E-state index contributed by atoms with van der Waals surface area (Å²) in [5.74, 6) is 0.0325. The molecule has 0 atom stereocenters. The van der Waals surface area contributed by atoms with Gasteiger partial charge in [0.25, 0.3) is 0 Å². The number of methoxy groups -OCH3 is 1. The molecule has 35 heavy (non-hydrogen) atoms. The maximum absolute atomic E-state index is 13.0. The Hall–Kier alpha value is -3.51. The molecule has 1 saturated carbocycles. The van der Waals surface area contributed by atoms with Crippen molar-refractivity contribution in [1.29, 1.82) is 0 Å². The number of fused-ring (bicyclic) bond motifs is 2. The number of carbonyl (C=O) groups excluding carboxylic acids is 2. The zero-order valence-corrected chi connectivity index (χ0v) is 20.4. The minimum absolute atomic E-state index is 0.00104. The van der Waals surface area contributed by atoms with Crippen molar-refractivity contribution < 1.29 is 27.5 Å². The van der Waals surface area contributed by atoms with Gasteiger partial charge in [0.1, 0.15) is 12.0 Å². The molecule has 1 aliphatic heterocycles. The summed E-state index contributed by atoms with van der Waals surface area (Å²) in [6, 6.07) is 9.05. The molecular weight excluding hydrogens is 474 g/mol. The maximum atomic E-state index is 13.0. The van der Waals surface area contributed by atoms with Crippen molar-refractivity contribution in [2.45, 2.75) is 24.9 Å². The first-order valence-electron chi connectivity index (χ1n) is 11.1. The van der Waals surface area contributed by atoms with Gasteiger partial charge in [0.15, 0.2) is 17.2 Å². The van der Waals surface area contributed by atoms with Crippen molar-refractivity contribution >= 4 is 27.5 Å². The highest BCUT2D eigenvalue weighted by Crippen LogP contribution is 2.47. The van der Waals surface area contributed by atoms with Crippen LogP contribution < -0.4 is 10.1 Å². The minimum Gasteiger partial charge on any atom is -0.493 e. The number of hydrogen-bond donors (Lipinski definition) is 1. The molecule has 1 amide bonds. The Morgan fingerprint density at radius 1 is 1.26 bits per heavy atom. The summed E-state index contributed by atoms with van der Waals surface area (Å²) in [5.41, 5.74) is 2.42. The van der Waals surface area contributed by atoms with E-state index >= 15 is 0 Å². The standard InChI is InChI=1S/C23H25N5O6S/c1-27(2)35(31,32)11-10-24-22(30)23(8-9-23)21-25-19-18(33-3)7-6-17(28(19)26-21)14-4-5-16-15(12-14)13-34-20(16)29/h4-7,12H,8-11,13H2,1-3H3,(H,24,30). The predicted octanol–water partition coefficient (Wildman–Crippen LogP) is 1.11. The lowest BCUT2D eigenvalue weighted by molar-refractivity contribution is -0.123. The number of carbonyl (C=O) groups is 2. The van der Waals surface area contributed by atoms with Crippen LogP contribution in [0.3, 0.4) is 0 Å². The highest BCUT2D eigenvalue weighted by atomic mass is 32.2. The number of nitrogens with zero attached hydrogens (tertiary/aromatic N) is 4.